The summed E-state index contributed by atoms with van der Waals surface area (Å²) in [5, 5.41) is 1.48. The quantitative estimate of drug-likeness (QED) is 0.355. The molecule has 1 fully saturated rings. The summed E-state index contributed by atoms with van der Waals surface area (Å²) in [5.74, 6) is 1.25. The Morgan fingerprint density at radius 2 is 1.81 bits per heavy atom. The first kappa shape index (κ1) is 24.0. The molecule has 0 radical (unpaired) electrons. The zero-order valence-electron chi connectivity index (χ0n) is 18.7. The standard InChI is InChI=1S/C26H31BrCl2N2O/c1-2-24(32)31-11-9-17(10-12-31)5-3-4-6-22-25-18(14-21(28)15-23(25)29)7-8-19-13-20(27)16-30-26(19)22/h13-17,22H,2-12H2,1H3. The van der Waals surface area contributed by atoms with Crippen LogP contribution in [-0.2, 0) is 17.6 Å². The number of hydrogen-bond acceptors (Lipinski definition) is 2. The first-order valence-corrected chi connectivity index (χ1v) is 13.4. The van der Waals surface area contributed by atoms with Gasteiger partial charge in [0.25, 0.3) is 0 Å². The van der Waals surface area contributed by atoms with Gasteiger partial charge in [-0.3, -0.25) is 9.78 Å². The average Bonchev–Trinajstić information content (AvgIpc) is 2.93. The highest BCUT2D eigenvalue weighted by atomic mass is 79.9. The van der Waals surface area contributed by atoms with Gasteiger partial charge < -0.3 is 4.90 Å². The number of fused-ring (bicyclic) bond motifs is 2. The Morgan fingerprint density at radius 3 is 2.56 bits per heavy atom. The molecule has 6 heteroatoms. The lowest BCUT2D eigenvalue weighted by molar-refractivity contribution is -0.132. The molecule has 32 heavy (non-hydrogen) atoms. The molecule has 0 bridgehead atoms. The van der Waals surface area contributed by atoms with Crippen molar-refractivity contribution in [3.63, 3.8) is 0 Å². The highest BCUT2D eigenvalue weighted by molar-refractivity contribution is 9.10. The molecule has 1 aromatic heterocycles. The van der Waals surface area contributed by atoms with Crippen molar-refractivity contribution in [2.45, 2.75) is 70.6 Å². The van der Waals surface area contributed by atoms with E-state index in [0.29, 0.717) is 17.4 Å². The van der Waals surface area contributed by atoms with E-state index in [2.05, 4.69) is 28.1 Å². The number of benzene rings is 1. The van der Waals surface area contributed by atoms with E-state index in [-0.39, 0.29) is 5.92 Å². The van der Waals surface area contributed by atoms with Crippen LogP contribution in [0.3, 0.4) is 0 Å². The maximum Gasteiger partial charge on any atom is 0.222 e. The van der Waals surface area contributed by atoms with E-state index in [1.807, 2.05) is 24.1 Å². The van der Waals surface area contributed by atoms with Gasteiger partial charge in [-0.1, -0.05) is 49.4 Å². The van der Waals surface area contributed by atoms with Crippen molar-refractivity contribution in [2.24, 2.45) is 5.92 Å². The first-order chi connectivity index (χ1) is 15.5. The monoisotopic (exact) mass is 536 g/mol. The van der Waals surface area contributed by atoms with Crippen LogP contribution in [0.25, 0.3) is 0 Å². The largest absolute Gasteiger partial charge is 0.343 e. The topological polar surface area (TPSA) is 33.2 Å². The van der Waals surface area contributed by atoms with Crippen LogP contribution >= 0.6 is 39.1 Å². The predicted octanol–water partition coefficient (Wildman–Crippen LogP) is 7.59. The lowest BCUT2D eigenvalue weighted by atomic mass is 9.85. The van der Waals surface area contributed by atoms with Gasteiger partial charge in [-0.25, -0.2) is 0 Å². The minimum atomic E-state index is 0.212. The molecule has 1 unspecified atom stereocenters. The van der Waals surface area contributed by atoms with E-state index >= 15 is 0 Å². The van der Waals surface area contributed by atoms with Gasteiger partial charge in [0.1, 0.15) is 0 Å². The molecule has 4 rings (SSSR count). The molecule has 1 aliphatic heterocycles. The van der Waals surface area contributed by atoms with E-state index in [1.165, 1.54) is 35.2 Å². The minimum absolute atomic E-state index is 0.212. The molecular weight excluding hydrogens is 507 g/mol. The molecule has 1 saturated heterocycles. The number of rotatable bonds is 6. The number of aromatic nitrogens is 1. The summed E-state index contributed by atoms with van der Waals surface area (Å²) in [7, 11) is 0. The van der Waals surface area contributed by atoms with E-state index < -0.39 is 0 Å². The molecule has 1 atom stereocenters. The molecule has 1 aromatic carbocycles. The van der Waals surface area contributed by atoms with Crippen molar-refractivity contribution in [3.05, 3.63) is 61.3 Å². The first-order valence-electron chi connectivity index (χ1n) is 11.9. The van der Waals surface area contributed by atoms with Gasteiger partial charge in [0.15, 0.2) is 0 Å². The summed E-state index contributed by atoms with van der Waals surface area (Å²) in [4.78, 5) is 18.8. The van der Waals surface area contributed by atoms with Crippen molar-refractivity contribution in [2.75, 3.05) is 13.1 Å². The molecule has 2 aromatic rings. The van der Waals surface area contributed by atoms with Gasteiger partial charge >= 0.3 is 0 Å². The number of hydrogen-bond donors (Lipinski definition) is 0. The second-order valence-corrected chi connectivity index (χ2v) is 10.9. The average molecular weight is 538 g/mol. The molecule has 172 valence electrons. The van der Waals surface area contributed by atoms with E-state index in [0.717, 1.165) is 67.0 Å². The number of piperidine rings is 1. The highest BCUT2D eigenvalue weighted by Gasteiger charge is 2.28. The van der Waals surface area contributed by atoms with Crippen molar-refractivity contribution in [1.82, 2.24) is 9.88 Å². The highest BCUT2D eigenvalue weighted by Crippen LogP contribution is 2.42. The van der Waals surface area contributed by atoms with Crippen LogP contribution in [0.5, 0.6) is 0 Å². The molecule has 2 heterocycles. The molecule has 2 aliphatic rings. The number of amides is 1. The number of unbranched alkanes of at least 4 members (excludes halogenated alkanes) is 1. The summed E-state index contributed by atoms with van der Waals surface area (Å²) in [6.45, 7) is 3.80. The van der Waals surface area contributed by atoms with Gasteiger partial charge in [-0.2, -0.15) is 0 Å². The van der Waals surface area contributed by atoms with Gasteiger partial charge in [-0.15, -0.1) is 0 Å². The fourth-order valence-electron chi connectivity index (χ4n) is 5.40. The summed E-state index contributed by atoms with van der Waals surface area (Å²) >= 11 is 16.7. The predicted molar refractivity (Wildman–Crippen MR) is 136 cm³/mol. The normalized spacial score (nSPS) is 18.8. The van der Waals surface area contributed by atoms with E-state index in [1.54, 1.807) is 0 Å². The summed E-state index contributed by atoms with van der Waals surface area (Å²) < 4.78 is 1.03. The maximum absolute atomic E-state index is 11.9. The number of likely N-dealkylation sites (tertiary alicyclic amines) is 1. The third kappa shape index (κ3) is 5.51. The molecule has 0 spiro atoms. The number of halogens is 3. The van der Waals surface area contributed by atoms with Gasteiger partial charge in [0, 0.05) is 46.1 Å². The van der Waals surface area contributed by atoms with Crippen LogP contribution in [0, 0.1) is 5.92 Å². The summed E-state index contributed by atoms with van der Waals surface area (Å²) in [5.41, 5.74) is 4.95. The molecular formula is C26H31BrCl2N2O. The fourth-order valence-corrected chi connectivity index (χ4v) is 6.45. The Hall–Kier alpha value is -1.10. The zero-order valence-corrected chi connectivity index (χ0v) is 21.8. The number of carbonyl (C=O) groups is 1. The lowest BCUT2D eigenvalue weighted by Gasteiger charge is -2.32. The fraction of sp³-hybridized carbons (Fsp3) is 0.538. The van der Waals surface area contributed by atoms with Crippen molar-refractivity contribution in [3.8, 4) is 0 Å². The Labute approximate surface area is 210 Å². The third-order valence-corrected chi connectivity index (χ3v) is 8.08. The van der Waals surface area contributed by atoms with Crippen LogP contribution in [0.1, 0.15) is 80.2 Å². The van der Waals surface area contributed by atoms with Gasteiger partial charge in [-0.05, 0) is 88.8 Å². The molecule has 0 N–H and O–H groups in total. The third-order valence-electron chi connectivity index (χ3n) is 7.12. The Morgan fingerprint density at radius 1 is 1.09 bits per heavy atom. The van der Waals surface area contributed by atoms with Crippen LogP contribution in [0.2, 0.25) is 10.0 Å². The zero-order chi connectivity index (χ0) is 22.7. The van der Waals surface area contributed by atoms with Crippen LogP contribution < -0.4 is 0 Å². The lowest BCUT2D eigenvalue weighted by Crippen LogP contribution is -2.38. The molecule has 3 nitrogen and oxygen atoms in total. The molecule has 0 saturated carbocycles. The van der Waals surface area contributed by atoms with Crippen LogP contribution in [-0.4, -0.2) is 28.9 Å². The SMILES string of the molecule is CCC(=O)N1CCC(CCCCC2c3ncc(Br)cc3CCc3cc(Cl)cc(Cl)c32)CC1. The van der Waals surface area contributed by atoms with E-state index in [4.69, 9.17) is 28.2 Å². The van der Waals surface area contributed by atoms with Crippen molar-refractivity contribution in [1.29, 1.82) is 0 Å². The number of pyridine rings is 1. The maximum atomic E-state index is 11.9. The molecule has 1 amide bonds. The number of aryl methyl sites for hydroxylation is 2. The Balaban J connectivity index is 1.43. The second-order valence-electron chi connectivity index (χ2n) is 9.17. The molecule has 1 aliphatic carbocycles. The van der Waals surface area contributed by atoms with Crippen LogP contribution in [0.15, 0.2) is 28.9 Å². The van der Waals surface area contributed by atoms with Crippen LogP contribution in [0.4, 0.5) is 0 Å². The number of carbonyl (C=O) groups excluding carboxylic acids is 1. The Bertz CT molecular complexity index is 973. The van der Waals surface area contributed by atoms with Crippen molar-refractivity contribution < 1.29 is 4.79 Å². The summed E-state index contributed by atoms with van der Waals surface area (Å²) in [6, 6.07) is 6.17. The van der Waals surface area contributed by atoms with Gasteiger partial charge in [0.2, 0.25) is 5.91 Å². The summed E-state index contributed by atoms with van der Waals surface area (Å²) in [6.07, 6.45) is 11.3. The second kappa shape index (κ2) is 10.9. The van der Waals surface area contributed by atoms with Crippen molar-refractivity contribution >= 4 is 45.0 Å². The Kier molecular flexibility index (Phi) is 8.18. The van der Waals surface area contributed by atoms with Gasteiger partial charge in [0.05, 0.1) is 5.69 Å². The van der Waals surface area contributed by atoms with E-state index in [9.17, 15) is 4.79 Å². The minimum Gasteiger partial charge on any atom is -0.343 e. The smallest absolute Gasteiger partial charge is 0.222 e. The number of nitrogens with zero attached hydrogens (tertiary/aromatic N) is 2.